The van der Waals surface area contributed by atoms with Gasteiger partial charge < -0.3 is 5.32 Å². The van der Waals surface area contributed by atoms with Crippen LogP contribution in [0.4, 0.5) is 10.5 Å². The van der Waals surface area contributed by atoms with Gasteiger partial charge in [0.05, 0.1) is 17.9 Å². The molecule has 3 heterocycles. The van der Waals surface area contributed by atoms with Crippen molar-refractivity contribution in [1.82, 2.24) is 10.3 Å². The summed E-state index contributed by atoms with van der Waals surface area (Å²) in [5, 5.41) is 4.83. The number of pyridine rings is 1. The highest BCUT2D eigenvalue weighted by Gasteiger charge is 2.45. The highest BCUT2D eigenvalue weighted by atomic mass is 35.5. The third-order valence-corrected chi connectivity index (χ3v) is 6.83. The van der Waals surface area contributed by atoms with Crippen LogP contribution in [0.3, 0.4) is 0 Å². The Bertz CT molecular complexity index is 1210. The summed E-state index contributed by atoms with van der Waals surface area (Å²) < 4.78 is 0. The van der Waals surface area contributed by atoms with E-state index in [1.165, 1.54) is 16.7 Å². The van der Waals surface area contributed by atoms with Crippen LogP contribution in [0.5, 0.6) is 0 Å². The van der Waals surface area contributed by atoms with Crippen molar-refractivity contribution in [1.29, 1.82) is 0 Å². The van der Waals surface area contributed by atoms with Gasteiger partial charge in [0.25, 0.3) is 5.91 Å². The molecule has 5 nitrogen and oxygen atoms in total. The van der Waals surface area contributed by atoms with Crippen LogP contribution in [-0.4, -0.2) is 28.2 Å². The Kier molecular flexibility index (Phi) is 4.33. The van der Waals surface area contributed by atoms with Crippen LogP contribution >= 0.6 is 23.4 Å². The summed E-state index contributed by atoms with van der Waals surface area (Å²) in [7, 11) is 0. The highest BCUT2D eigenvalue weighted by molar-refractivity contribution is 8.09. The number of carbonyl (C=O) groups is 2. The molecule has 2 aliphatic rings. The first-order valence-corrected chi connectivity index (χ1v) is 10.4. The fraction of sp³-hybridized carbons (Fsp3) is 0.136. The SMILES string of the molecule is Cc1ccc2cncc(N3C(=O)NC4C=C(c5ccccc5Cl)SC4C3=O)c2c1. The van der Waals surface area contributed by atoms with Crippen LogP contribution in [0, 0.1) is 6.92 Å². The van der Waals surface area contributed by atoms with E-state index in [4.69, 9.17) is 11.6 Å². The molecule has 0 spiro atoms. The lowest BCUT2D eigenvalue weighted by molar-refractivity contribution is -0.118. The number of fused-ring (bicyclic) bond motifs is 2. The summed E-state index contributed by atoms with van der Waals surface area (Å²) in [6.07, 6.45) is 5.21. The van der Waals surface area contributed by atoms with Crippen molar-refractivity contribution in [3.8, 4) is 0 Å². The first-order chi connectivity index (χ1) is 14.0. The summed E-state index contributed by atoms with van der Waals surface area (Å²) >= 11 is 7.76. The number of aryl methyl sites for hydroxylation is 1. The maximum absolute atomic E-state index is 13.4. The second-order valence-corrected chi connectivity index (χ2v) is 8.67. The molecular formula is C22H16ClN3O2S. The van der Waals surface area contributed by atoms with Crippen molar-refractivity contribution in [2.24, 2.45) is 0 Å². The van der Waals surface area contributed by atoms with E-state index in [2.05, 4.69) is 10.3 Å². The van der Waals surface area contributed by atoms with E-state index >= 15 is 0 Å². The lowest BCUT2D eigenvalue weighted by Crippen LogP contribution is -2.60. The van der Waals surface area contributed by atoms with E-state index in [1.807, 2.05) is 55.5 Å². The summed E-state index contributed by atoms with van der Waals surface area (Å²) in [6.45, 7) is 1.98. The van der Waals surface area contributed by atoms with E-state index in [-0.39, 0.29) is 11.9 Å². The second kappa shape index (κ2) is 6.90. The van der Waals surface area contributed by atoms with Crippen molar-refractivity contribution < 1.29 is 9.59 Å². The van der Waals surface area contributed by atoms with Crippen molar-refractivity contribution in [2.45, 2.75) is 18.2 Å². The molecule has 0 aliphatic carbocycles. The number of thioether (sulfide) groups is 1. The van der Waals surface area contributed by atoms with Gasteiger partial charge in [-0.25, -0.2) is 9.69 Å². The van der Waals surface area contributed by atoms with E-state index in [0.29, 0.717) is 10.7 Å². The molecule has 2 aromatic carbocycles. The fourth-order valence-corrected chi connectivity index (χ4v) is 5.34. The Morgan fingerprint density at radius 1 is 1.14 bits per heavy atom. The molecule has 3 aromatic rings. The van der Waals surface area contributed by atoms with Crippen molar-refractivity contribution in [2.75, 3.05) is 4.90 Å². The average Bonchev–Trinajstić information content (AvgIpc) is 3.12. The van der Waals surface area contributed by atoms with Gasteiger partial charge in [0, 0.05) is 32.5 Å². The number of benzene rings is 2. The van der Waals surface area contributed by atoms with Crippen molar-refractivity contribution in [3.05, 3.63) is 77.1 Å². The minimum atomic E-state index is -0.445. The standard InChI is InChI=1S/C22H16ClN3O2S/c1-12-6-7-13-10-24-11-18(15(13)8-12)26-21(27)20-17(25-22(26)28)9-19(29-20)14-4-2-3-5-16(14)23/h2-11,17,20H,1H3,(H,25,28). The van der Waals surface area contributed by atoms with Crippen LogP contribution in [0.15, 0.2) is 60.9 Å². The molecule has 1 saturated heterocycles. The molecule has 7 heteroatoms. The predicted molar refractivity (Wildman–Crippen MR) is 117 cm³/mol. The summed E-state index contributed by atoms with van der Waals surface area (Å²) in [5.41, 5.74) is 2.41. The third kappa shape index (κ3) is 2.99. The molecule has 1 N–H and O–H groups in total. The smallest absolute Gasteiger partial charge is 0.329 e. The Morgan fingerprint density at radius 2 is 1.97 bits per heavy atom. The van der Waals surface area contributed by atoms with Gasteiger partial charge >= 0.3 is 6.03 Å². The Morgan fingerprint density at radius 3 is 2.79 bits per heavy atom. The lowest BCUT2D eigenvalue weighted by Gasteiger charge is -2.33. The van der Waals surface area contributed by atoms with Crippen LogP contribution < -0.4 is 10.2 Å². The number of aromatic nitrogens is 1. The predicted octanol–water partition coefficient (Wildman–Crippen LogP) is 4.78. The molecule has 0 radical (unpaired) electrons. The zero-order valence-electron chi connectivity index (χ0n) is 15.4. The van der Waals surface area contributed by atoms with Gasteiger partial charge in [-0.05, 0) is 25.1 Å². The molecule has 1 fully saturated rings. The highest BCUT2D eigenvalue weighted by Crippen LogP contribution is 2.44. The Labute approximate surface area is 176 Å². The van der Waals surface area contributed by atoms with Gasteiger partial charge in [-0.3, -0.25) is 9.78 Å². The minimum Gasteiger partial charge on any atom is -0.329 e. The van der Waals surface area contributed by atoms with E-state index in [1.54, 1.807) is 12.4 Å². The Balaban J connectivity index is 1.53. The van der Waals surface area contributed by atoms with Crippen molar-refractivity contribution >= 4 is 56.7 Å². The van der Waals surface area contributed by atoms with Gasteiger partial charge in [0.15, 0.2) is 0 Å². The van der Waals surface area contributed by atoms with Gasteiger partial charge in [-0.1, -0.05) is 47.5 Å². The van der Waals surface area contributed by atoms with E-state index < -0.39 is 11.3 Å². The largest absolute Gasteiger partial charge is 0.329 e. The molecule has 3 amide bonds. The number of nitrogens with zero attached hydrogens (tertiary/aromatic N) is 2. The second-order valence-electron chi connectivity index (χ2n) is 7.08. The monoisotopic (exact) mass is 421 g/mol. The summed E-state index contributed by atoms with van der Waals surface area (Å²) in [6, 6.07) is 12.6. The first kappa shape index (κ1) is 18.2. The molecule has 2 aliphatic heterocycles. The number of hydrogen-bond donors (Lipinski definition) is 1. The van der Waals surface area contributed by atoms with Gasteiger partial charge in [0.1, 0.15) is 5.25 Å². The first-order valence-electron chi connectivity index (χ1n) is 9.15. The number of hydrogen-bond acceptors (Lipinski definition) is 4. The van der Waals surface area contributed by atoms with Crippen LogP contribution in [-0.2, 0) is 4.79 Å². The summed E-state index contributed by atoms with van der Waals surface area (Å²) in [5.74, 6) is -0.252. The van der Waals surface area contributed by atoms with Crippen LogP contribution in [0.1, 0.15) is 11.1 Å². The molecule has 29 heavy (non-hydrogen) atoms. The summed E-state index contributed by atoms with van der Waals surface area (Å²) in [4.78, 5) is 32.6. The molecular weight excluding hydrogens is 406 g/mol. The number of urea groups is 1. The molecule has 5 rings (SSSR count). The number of rotatable bonds is 2. The topological polar surface area (TPSA) is 62.3 Å². The normalized spacial score (nSPS) is 21.2. The van der Waals surface area contributed by atoms with Crippen molar-refractivity contribution in [3.63, 3.8) is 0 Å². The number of nitrogens with one attached hydrogen (secondary N) is 1. The molecule has 0 saturated carbocycles. The quantitative estimate of drug-likeness (QED) is 0.647. The number of anilines is 1. The van der Waals surface area contributed by atoms with Gasteiger partial charge in [0.2, 0.25) is 0 Å². The zero-order chi connectivity index (χ0) is 20.1. The average molecular weight is 422 g/mol. The van der Waals surface area contributed by atoms with E-state index in [9.17, 15) is 9.59 Å². The van der Waals surface area contributed by atoms with Gasteiger partial charge in [-0.15, -0.1) is 11.8 Å². The lowest BCUT2D eigenvalue weighted by atomic mass is 10.1. The molecule has 2 unspecified atom stereocenters. The maximum Gasteiger partial charge on any atom is 0.329 e. The minimum absolute atomic E-state index is 0.252. The molecule has 1 aromatic heterocycles. The third-order valence-electron chi connectivity index (χ3n) is 5.14. The Hall–Kier alpha value is -2.83. The molecule has 2 atom stereocenters. The number of amides is 3. The molecule has 0 bridgehead atoms. The van der Waals surface area contributed by atoms with E-state index in [0.717, 1.165) is 26.8 Å². The van der Waals surface area contributed by atoms with Crippen LogP contribution in [0.25, 0.3) is 15.7 Å². The van der Waals surface area contributed by atoms with Gasteiger partial charge in [-0.2, -0.15) is 0 Å². The maximum atomic E-state index is 13.4. The number of halogens is 1. The fourth-order valence-electron chi connectivity index (χ4n) is 3.74. The van der Waals surface area contributed by atoms with Crippen LogP contribution in [0.2, 0.25) is 5.02 Å². The number of carbonyl (C=O) groups excluding carboxylic acids is 2. The zero-order valence-corrected chi connectivity index (χ0v) is 17.0. The molecule has 144 valence electrons. The number of imide groups is 1.